The maximum Gasteiger partial charge on any atom is 0.303 e. The van der Waals surface area contributed by atoms with Crippen molar-refractivity contribution < 1.29 is 14.7 Å². The number of amides is 1. The Bertz CT molecular complexity index is 309. The first kappa shape index (κ1) is 16.0. The van der Waals surface area contributed by atoms with Gasteiger partial charge in [0.2, 0.25) is 5.91 Å². The van der Waals surface area contributed by atoms with Gasteiger partial charge in [0.25, 0.3) is 0 Å². The first-order valence-electron chi connectivity index (χ1n) is 7.52. The highest BCUT2D eigenvalue weighted by Gasteiger charge is 2.37. The Morgan fingerprint density at radius 1 is 1.11 bits per heavy atom. The minimum absolute atomic E-state index is 0.132. The maximum atomic E-state index is 12.4. The highest BCUT2D eigenvalue weighted by atomic mass is 16.4. The second kappa shape index (κ2) is 7.51. The van der Waals surface area contributed by atoms with Crippen LogP contribution in [-0.2, 0) is 9.59 Å². The Morgan fingerprint density at radius 2 is 1.74 bits per heavy atom. The molecule has 0 saturated heterocycles. The highest BCUT2D eigenvalue weighted by molar-refractivity contribution is 5.78. The van der Waals surface area contributed by atoms with Gasteiger partial charge in [-0.3, -0.25) is 9.59 Å². The van der Waals surface area contributed by atoms with Crippen LogP contribution in [0.2, 0.25) is 0 Å². The standard InChI is InChI=1S/C15H27NO3/c1-3-10-16(4-2)13(17)11-15(12-14(18)19)8-6-5-7-9-15/h3-12H2,1-2H3,(H,18,19). The van der Waals surface area contributed by atoms with Crippen molar-refractivity contribution in [3.05, 3.63) is 0 Å². The molecule has 0 unspecified atom stereocenters. The van der Waals surface area contributed by atoms with Crippen LogP contribution in [0.4, 0.5) is 0 Å². The second-order valence-electron chi connectivity index (χ2n) is 5.78. The van der Waals surface area contributed by atoms with Gasteiger partial charge in [-0.25, -0.2) is 0 Å². The summed E-state index contributed by atoms with van der Waals surface area (Å²) in [6, 6.07) is 0. The zero-order valence-corrected chi connectivity index (χ0v) is 12.3. The van der Waals surface area contributed by atoms with Gasteiger partial charge in [-0.05, 0) is 31.6 Å². The van der Waals surface area contributed by atoms with Crippen LogP contribution in [0.15, 0.2) is 0 Å². The number of nitrogens with zero attached hydrogens (tertiary/aromatic N) is 1. The van der Waals surface area contributed by atoms with Crippen LogP contribution in [0.3, 0.4) is 0 Å². The Hall–Kier alpha value is -1.06. The number of hydrogen-bond acceptors (Lipinski definition) is 2. The molecule has 1 saturated carbocycles. The summed E-state index contributed by atoms with van der Waals surface area (Å²) in [6.45, 7) is 5.54. The third-order valence-corrected chi connectivity index (χ3v) is 4.19. The number of carboxylic acid groups (broad SMARTS) is 1. The Labute approximate surface area is 116 Å². The Morgan fingerprint density at radius 3 is 2.21 bits per heavy atom. The molecule has 0 atom stereocenters. The molecule has 0 spiro atoms. The summed E-state index contributed by atoms with van der Waals surface area (Å²) in [5.74, 6) is -0.638. The van der Waals surface area contributed by atoms with Gasteiger partial charge in [-0.15, -0.1) is 0 Å². The molecular formula is C15H27NO3. The van der Waals surface area contributed by atoms with E-state index in [1.54, 1.807) is 0 Å². The molecule has 19 heavy (non-hydrogen) atoms. The monoisotopic (exact) mass is 269 g/mol. The molecule has 110 valence electrons. The quantitative estimate of drug-likeness (QED) is 0.772. The molecule has 1 N–H and O–H groups in total. The van der Waals surface area contributed by atoms with Gasteiger partial charge in [0.1, 0.15) is 0 Å². The van der Waals surface area contributed by atoms with Crippen LogP contribution in [0.5, 0.6) is 0 Å². The molecule has 0 bridgehead atoms. The van der Waals surface area contributed by atoms with Crippen LogP contribution < -0.4 is 0 Å². The lowest BCUT2D eigenvalue weighted by Crippen LogP contribution is -2.38. The molecule has 4 heteroatoms. The summed E-state index contributed by atoms with van der Waals surface area (Å²) in [4.78, 5) is 25.3. The molecule has 0 aromatic carbocycles. The molecule has 1 rings (SSSR count). The van der Waals surface area contributed by atoms with Crippen LogP contribution in [0.25, 0.3) is 0 Å². The van der Waals surface area contributed by atoms with Gasteiger partial charge in [0, 0.05) is 19.5 Å². The fourth-order valence-electron chi connectivity index (χ4n) is 3.20. The van der Waals surface area contributed by atoms with E-state index in [0.717, 1.165) is 45.2 Å². The van der Waals surface area contributed by atoms with Crippen LogP contribution in [-0.4, -0.2) is 35.0 Å². The van der Waals surface area contributed by atoms with Gasteiger partial charge in [-0.2, -0.15) is 0 Å². The summed E-state index contributed by atoms with van der Waals surface area (Å²) in [6.07, 6.45) is 6.55. The van der Waals surface area contributed by atoms with Gasteiger partial charge < -0.3 is 10.0 Å². The van der Waals surface area contributed by atoms with Crippen LogP contribution in [0, 0.1) is 5.41 Å². The number of carbonyl (C=O) groups is 2. The molecule has 1 aliphatic carbocycles. The zero-order valence-electron chi connectivity index (χ0n) is 12.3. The largest absolute Gasteiger partial charge is 0.481 e. The number of carboxylic acids is 1. The lowest BCUT2D eigenvalue weighted by Gasteiger charge is -2.37. The summed E-state index contributed by atoms with van der Waals surface area (Å²) in [7, 11) is 0. The Kier molecular flexibility index (Phi) is 6.32. The average Bonchev–Trinajstić information content (AvgIpc) is 2.35. The average molecular weight is 269 g/mol. The zero-order chi connectivity index (χ0) is 14.3. The van der Waals surface area contributed by atoms with E-state index in [0.29, 0.717) is 6.42 Å². The fraction of sp³-hybridized carbons (Fsp3) is 0.867. The van der Waals surface area contributed by atoms with E-state index < -0.39 is 5.97 Å². The van der Waals surface area contributed by atoms with E-state index >= 15 is 0 Å². The van der Waals surface area contributed by atoms with Crippen molar-refractivity contribution in [1.29, 1.82) is 0 Å². The third-order valence-electron chi connectivity index (χ3n) is 4.19. The number of rotatable bonds is 7. The minimum Gasteiger partial charge on any atom is -0.481 e. The van der Waals surface area contributed by atoms with Crippen LogP contribution >= 0.6 is 0 Å². The summed E-state index contributed by atoms with van der Waals surface area (Å²) >= 11 is 0. The first-order valence-corrected chi connectivity index (χ1v) is 7.52. The van der Waals surface area contributed by atoms with Crippen molar-refractivity contribution in [2.75, 3.05) is 13.1 Å². The smallest absolute Gasteiger partial charge is 0.303 e. The molecule has 1 aliphatic rings. The molecule has 0 radical (unpaired) electrons. The molecule has 0 aromatic rings. The molecule has 4 nitrogen and oxygen atoms in total. The lowest BCUT2D eigenvalue weighted by molar-refractivity contribution is -0.142. The van der Waals surface area contributed by atoms with Crippen LogP contribution in [0.1, 0.15) is 65.2 Å². The van der Waals surface area contributed by atoms with E-state index in [4.69, 9.17) is 5.11 Å². The van der Waals surface area contributed by atoms with E-state index in [2.05, 4.69) is 6.92 Å². The van der Waals surface area contributed by atoms with Crippen molar-refractivity contribution in [1.82, 2.24) is 4.90 Å². The van der Waals surface area contributed by atoms with Crippen molar-refractivity contribution in [3.63, 3.8) is 0 Å². The normalized spacial score (nSPS) is 18.0. The summed E-state index contributed by atoms with van der Waals surface area (Å²) < 4.78 is 0. The Balaban J connectivity index is 2.70. The summed E-state index contributed by atoms with van der Waals surface area (Å²) in [5, 5.41) is 9.12. The predicted octanol–water partition coefficient (Wildman–Crippen LogP) is 3.06. The maximum absolute atomic E-state index is 12.4. The van der Waals surface area contributed by atoms with E-state index in [9.17, 15) is 9.59 Å². The van der Waals surface area contributed by atoms with Crippen molar-refractivity contribution in [2.45, 2.75) is 65.2 Å². The molecule has 1 amide bonds. The molecule has 0 aliphatic heterocycles. The topological polar surface area (TPSA) is 57.6 Å². The number of hydrogen-bond donors (Lipinski definition) is 1. The lowest BCUT2D eigenvalue weighted by atomic mass is 9.69. The van der Waals surface area contributed by atoms with Gasteiger partial charge in [0.15, 0.2) is 0 Å². The van der Waals surface area contributed by atoms with E-state index in [1.807, 2.05) is 11.8 Å². The number of carbonyl (C=O) groups excluding carboxylic acids is 1. The van der Waals surface area contributed by atoms with Gasteiger partial charge >= 0.3 is 5.97 Å². The summed E-state index contributed by atoms with van der Waals surface area (Å²) in [5.41, 5.74) is -0.289. The second-order valence-corrected chi connectivity index (χ2v) is 5.78. The van der Waals surface area contributed by atoms with Gasteiger partial charge in [0.05, 0.1) is 6.42 Å². The highest BCUT2D eigenvalue weighted by Crippen LogP contribution is 2.42. The first-order chi connectivity index (χ1) is 9.03. The van der Waals surface area contributed by atoms with E-state index in [-0.39, 0.29) is 17.7 Å². The molecule has 0 aromatic heterocycles. The number of aliphatic carboxylic acids is 1. The minimum atomic E-state index is -0.770. The van der Waals surface area contributed by atoms with Crippen molar-refractivity contribution >= 4 is 11.9 Å². The third kappa shape index (κ3) is 4.84. The molecule has 0 heterocycles. The van der Waals surface area contributed by atoms with Crippen molar-refractivity contribution in [3.8, 4) is 0 Å². The predicted molar refractivity (Wildman–Crippen MR) is 74.9 cm³/mol. The van der Waals surface area contributed by atoms with Gasteiger partial charge in [-0.1, -0.05) is 26.2 Å². The fourth-order valence-corrected chi connectivity index (χ4v) is 3.20. The van der Waals surface area contributed by atoms with E-state index in [1.165, 1.54) is 6.42 Å². The SMILES string of the molecule is CCCN(CC)C(=O)CC1(CC(=O)O)CCCCC1. The molecule has 1 fully saturated rings. The van der Waals surface area contributed by atoms with Crippen molar-refractivity contribution in [2.24, 2.45) is 5.41 Å². The molecular weight excluding hydrogens is 242 g/mol.